The molecule has 0 aromatic heterocycles. The van der Waals surface area contributed by atoms with Gasteiger partial charge in [-0.25, -0.2) is 0 Å². The van der Waals surface area contributed by atoms with E-state index in [4.69, 9.17) is 25.8 Å². The summed E-state index contributed by atoms with van der Waals surface area (Å²) in [6.45, 7) is 3.21. The lowest BCUT2D eigenvalue weighted by Gasteiger charge is -2.11. The van der Waals surface area contributed by atoms with Crippen LogP contribution in [0.1, 0.15) is 39.0 Å². The van der Waals surface area contributed by atoms with Gasteiger partial charge in [0, 0.05) is 31.6 Å². The van der Waals surface area contributed by atoms with Crippen molar-refractivity contribution < 1.29 is 23.8 Å². The maximum absolute atomic E-state index is 11.7. The number of benzene rings is 1. The van der Waals surface area contributed by atoms with E-state index >= 15 is 0 Å². The van der Waals surface area contributed by atoms with Crippen LogP contribution in [0.15, 0.2) is 24.3 Å². The van der Waals surface area contributed by atoms with Gasteiger partial charge >= 0.3 is 11.9 Å². The molecule has 24 heavy (non-hydrogen) atoms. The molecule has 0 N–H and O–H groups in total. The number of carbonyl (C=O) groups excluding carboxylic acids is 2. The maximum Gasteiger partial charge on any atom is 0.311 e. The third kappa shape index (κ3) is 9.53. The smallest absolute Gasteiger partial charge is 0.311 e. The largest absolute Gasteiger partial charge is 0.466 e. The van der Waals surface area contributed by atoms with Crippen LogP contribution < -0.4 is 4.74 Å². The van der Waals surface area contributed by atoms with Crippen molar-refractivity contribution in [1.82, 2.24) is 0 Å². The minimum absolute atomic E-state index is 0.159. The van der Waals surface area contributed by atoms with Crippen LogP contribution in [0.3, 0.4) is 0 Å². The first-order valence-electron chi connectivity index (χ1n) is 8.12. The summed E-state index contributed by atoms with van der Waals surface area (Å²) in [4.78, 5) is 23.3. The average Bonchev–Trinajstić information content (AvgIpc) is 2.53. The fourth-order valence-electron chi connectivity index (χ4n) is 2.00. The number of hydrogen-bond donors (Lipinski definition) is 0. The number of methoxy groups -OCH3 is 1. The molecule has 0 spiro atoms. The van der Waals surface area contributed by atoms with Crippen molar-refractivity contribution in [3.8, 4) is 5.75 Å². The Kier molecular flexibility index (Phi) is 10.1. The fraction of sp³-hybridized carbons (Fsp3) is 0.556. The summed E-state index contributed by atoms with van der Waals surface area (Å²) in [7, 11) is 1.67. The van der Waals surface area contributed by atoms with Crippen molar-refractivity contribution in [3.05, 3.63) is 29.3 Å². The second-order valence-electron chi connectivity index (χ2n) is 5.68. The molecule has 6 heteroatoms. The van der Waals surface area contributed by atoms with Gasteiger partial charge in [-0.1, -0.05) is 24.6 Å². The SMILES string of the molecule is COCCC(C)CCOC(=O)CCCC(=O)Oc1cccc(Cl)c1. The Morgan fingerprint density at radius 3 is 2.54 bits per heavy atom. The van der Waals surface area contributed by atoms with Crippen LogP contribution in [-0.4, -0.2) is 32.3 Å². The lowest BCUT2D eigenvalue weighted by atomic mass is 10.1. The van der Waals surface area contributed by atoms with Gasteiger partial charge in [0.1, 0.15) is 5.75 Å². The summed E-state index contributed by atoms with van der Waals surface area (Å²) in [5, 5.41) is 0.503. The van der Waals surface area contributed by atoms with E-state index in [-0.39, 0.29) is 18.8 Å². The Morgan fingerprint density at radius 2 is 1.83 bits per heavy atom. The predicted molar refractivity (Wildman–Crippen MR) is 92.2 cm³/mol. The number of hydrogen-bond acceptors (Lipinski definition) is 5. The first-order chi connectivity index (χ1) is 11.5. The van der Waals surface area contributed by atoms with E-state index in [1.165, 1.54) is 0 Å². The Morgan fingerprint density at radius 1 is 1.12 bits per heavy atom. The number of ether oxygens (including phenoxy) is 3. The third-order valence-electron chi connectivity index (χ3n) is 3.48. The molecule has 0 amide bonds. The van der Waals surface area contributed by atoms with Gasteiger partial charge < -0.3 is 14.2 Å². The standard InChI is InChI=1S/C18H25ClO5/c1-14(9-11-22-2)10-12-23-17(20)7-4-8-18(21)24-16-6-3-5-15(19)13-16/h3,5-6,13-14H,4,7-12H2,1-2H3. The zero-order valence-corrected chi connectivity index (χ0v) is 15.0. The molecule has 0 radical (unpaired) electrons. The van der Waals surface area contributed by atoms with Crippen molar-refractivity contribution in [1.29, 1.82) is 0 Å². The molecule has 1 unspecified atom stereocenters. The summed E-state index contributed by atoms with van der Waals surface area (Å²) < 4.78 is 15.3. The number of esters is 2. The van der Waals surface area contributed by atoms with Gasteiger partial charge in [0.15, 0.2) is 0 Å². The summed E-state index contributed by atoms with van der Waals surface area (Å²) in [6, 6.07) is 6.63. The number of halogens is 1. The summed E-state index contributed by atoms with van der Waals surface area (Å²) in [5.41, 5.74) is 0. The molecule has 0 heterocycles. The molecule has 0 fully saturated rings. The maximum atomic E-state index is 11.7. The molecule has 5 nitrogen and oxygen atoms in total. The first-order valence-corrected chi connectivity index (χ1v) is 8.50. The number of rotatable bonds is 11. The van der Waals surface area contributed by atoms with Crippen molar-refractivity contribution in [2.24, 2.45) is 5.92 Å². The number of carbonyl (C=O) groups is 2. The lowest BCUT2D eigenvalue weighted by molar-refractivity contribution is -0.144. The zero-order valence-electron chi connectivity index (χ0n) is 14.3. The van der Waals surface area contributed by atoms with Gasteiger partial charge in [0.05, 0.1) is 6.61 Å². The van der Waals surface area contributed by atoms with Gasteiger partial charge in [-0.15, -0.1) is 0 Å². The first kappa shape index (κ1) is 20.5. The van der Waals surface area contributed by atoms with Crippen LogP contribution in [-0.2, 0) is 19.1 Å². The molecule has 1 rings (SSSR count). The van der Waals surface area contributed by atoms with Crippen LogP contribution in [0, 0.1) is 5.92 Å². The molecule has 0 aliphatic heterocycles. The van der Waals surface area contributed by atoms with Crippen LogP contribution in [0.4, 0.5) is 0 Å². The zero-order chi connectivity index (χ0) is 17.8. The third-order valence-corrected chi connectivity index (χ3v) is 3.71. The predicted octanol–water partition coefficient (Wildman–Crippen LogP) is 4.02. The monoisotopic (exact) mass is 356 g/mol. The van der Waals surface area contributed by atoms with Crippen molar-refractivity contribution in [2.75, 3.05) is 20.3 Å². The van der Waals surface area contributed by atoms with Crippen LogP contribution in [0.25, 0.3) is 0 Å². The minimum atomic E-state index is -0.391. The molecular weight excluding hydrogens is 332 g/mol. The average molecular weight is 357 g/mol. The Labute approximate surface area is 148 Å². The quantitative estimate of drug-likeness (QED) is 0.442. The fourth-order valence-corrected chi connectivity index (χ4v) is 2.18. The van der Waals surface area contributed by atoms with Crippen molar-refractivity contribution in [2.45, 2.75) is 39.0 Å². The Hall–Kier alpha value is -1.59. The van der Waals surface area contributed by atoms with Crippen LogP contribution in [0.2, 0.25) is 5.02 Å². The van der Waals surface area contributed by atoms with E-state index in [0.717, 1.165) is 12.8 Å². The van der Waals surface area contributed by atoms with E-state index in [1.807, 2.05) is 0 Å². The van der Waals surface area contributed by atoms with Crippen molar-refractivity contribution >= 4 is 23.5 Å². The highest BCUT2D eigenvalue weighted by molar-refractivity contribution is 6.30. The molecule has 1 aromatic carbocycles. The van der Waals surface area contributed by atoms with E-state index < -0.39 is 5.97 Å². The Bertz CT molecular complexity index is 518. The molecular formula is C18H25ClO5. The van der Waals surface area contributed by atoms with Gasteiger partial charge in [0.25, 0.3) is 0 Å². The van der Waals surface area contributed by atoms with Crippen LogP contribution in [0.5, 0.6) is 5.75 Å². The molecule has 0 saturated heterocycles. The topological polar surface area (TPSA) is 61.8 Å². The van der Waals surface area contributed by atoms with Gasteiger partial charge in [-0.2, -0.15) is 0 Å². The minimum Gasteiger partial charge on any atom is -0.466 e. The van der Waals surface area contributed by atoms with Gasteiger partial charge in [-0.3, -0.25) is 9.59 Å². The van der Waals surface area contributed by atoms with E-state index in [1.54, 1.807) is 31.4 Å². The summed E-state index contributed by atoms with van der Waals surface area (Å²) in [6.07, 6.45) is 2.52. The van der Waals surface area contributed by atoms with Crippen LogP contribution >= 0.6 is 11.6 Å². The highest BCUT2D eigenvalue weighted by Crippen LogP contribution is 2.18. The van der Waals surface area contributed by atoms with Gasteiger partial charge in [-0.05, 0) is 43.4 Å². The summed E-state index contributed by atoms with van der Waals surface area (Å²) in [5.74, 6) is 0.174. The molecule has 0 bridgehead atoms. The highest BCUT2D eigenvalue weighted by atomic mass is 35.5. The van der Waals surface area contributed by atoms with Crippen molar-refractivity contribution in [3.63, 3.8) is 0 Å². The molecule has 0 aliphatic carbocycles. The second kappa shape index (κ2) is 11.9. The van der Waals surface area contributed by atoms with E-state index in [0.29, 0.717) is 36.3 Å². The molecule has 1 atom stereocenters. The second-order valence-corrected chi connectivity index (χ2v) is 6.12. The molecule has 134 valence electrons. The molecule has 0 saturated carbocycles. The molecule has 0 aliphatic rings. The van der Waals surface area contributed by atoms with Gasteiger partial charge in [0.2, 0.25) is 0 Å². The Balaban J connectivity index is 2.11. The molecule has 1 aromatic rings. The highest BCUT2D eigenvalue weighted by Gasteiger charge is 2.09. The lowest BCUT2D eigenvalue weighted by Crippen LogP contribution is -2.12. The summed E-state index contributed by atoms with van der Waals surface area (Å²) >= 11 is 5.81. The normalized spacial score (nSPS) is 11.8. The van der Waals surface area contributed by atoms with E-state index in [9.17, 15) is 9.59 Å². The van der Waals surface area contributed by atoms with E-state index in [2.05, 4.69) is 6.92 Å².